The summed E-state index contributed by atoms with van der Waals surface area (Å²) in [6.45, 7) is 0.437. The molecular weight excluding hydrogens is 360 g/mol. The molecule has 0 aliphatic rings. The minimum Gasteiger partial charge on any atom is -0.481 e. The number of amides is 1. The summed E-state index contributed by atoms with van der Waals surface area (Å²) in [7, 11) is 0. The molecule has 0 saturated carbocycles. The average Bonchev–Trinajstić information content (AvgIpc) is 2.63. The highest BCUT2D eigenvalue weighted by molar-refractivity contribution is 5.84. The van der Waals surface area contributed by atoms with E-state index in [4.69, 9.17) is 15.9 Å². The van der Waals surface area contributed by atoms with Gasteiger partial charge in [0.15, 0.2) is 0 Å². The highest BCUT2D eigenvalue weighted by Crippen LogP contribution is 2.03. The Kier molecular flexibility index (Phi) is 13.5. The number of aliphatic carboxylic acids is 2. The van der Waals surface area contributed by atoms with Crippen molar-refractivity contribution < 1.29 is 34.2 Å². The van der Waals surface area contributed by atoms with E-state index in [1.807, 2.05) is 0 Å². The zero-order valence-corrected chi connectivity index (χ0v) is 15.1. The molecule has 27 heavy (non-hydrogen) atoms. The summed E-state index contributed by atoms with van der Waals surface area (Å²) in [6.07, 6.45) is 2.13. The van der Waals surface area contributed by atoms with Crippen molar-refractivity contribution in [2.24, 2.45) is 5.73 Å². The summed E-state index contributed by atoms with van der Waals surface area (Å²) in [5.41, 5.74) is 10.7. The van der Waals surface area contributed by atoms with Crippen molar-refractivity contribution in [2.45, 2.75) is 63.1 Å². The maximum absolute atomic E-state index is 12.4. The van der Waals surface area contributed by atoms with Crippen LogP contribution in [-0.2, 0) is 24.0 Å². The van der Waals surface area contributed by atoms with Gasteiger partial charge in [-0.05, 0) is 32.2 Å². The van der Waals surface area contributed by atoms with Crippen LogP contribution in [0.15, 0.2) is 0 Å². The fourth-order valence-corrected chi connectivity index (χ4v) is 2.16. The number of hydrogen-bond donors (Lipinski definition) is 6. The molecule has 7 N–H and O–H groups in total. The maximum Gasteiger partial charge on any atom is 0.303 e. The fourth-order valence-electron chi connectivity index (χ4n) is 2.16. The van der Waals surface area contributed by atoms with Gasteiger partial charge in [0.25, 0.3) is 0 Å². The van der Waals surface area contributed by atoms with Gasteiger partial charge in [-0.15, -0.1) is 0 Å². The van der Waals surface area contributed by atoms with Crippen LogP contribution in [0, 0.1) is 0 Å². The monoisotopic (exact) mass is 388 g/mol. The lowest BCUT2D eigenvalue weighted by Crippen LogP contribution is -2.55. The third-order valence-corrected chi connectivity index (χ3v) is 3.70. The van der Waals surface area contributed by atoms with E-state index in [0.717, 1.165) is 0 Å². The second kappa shape index (κ2) is 14.8. The largest absolute Gasteiger partial charge is 0.481 e. The molecule has 0 bridgehead atoms. The molecule has 0 radical (unpaired) electrons. The number of unbranched alkanes of at least 4 members (excludes halogenated alkanes) is 1. The van der Waals surface area contributed by atoms with E-state index in [9.17, 15) is 24.0 Å². The van der Waals surface area contributed by atoms with Gasteiger partial charge in [-0.3, -0.25) is 14.4 Å². The normalized spacial score (nSPS) is 14.0. The van der Waals surface area contributed by atoms with Crippen LogP contribution in [-0.4, -0.2) is 65.3 Å². The van der Waals surface area contributed by atoms with Crippen molar-refractivity contribution in [1.82, 2.24) is 16.2 Å². The summed E-state index contributed by atoms with van der Waals surface area (Å²) in [6, 6.07) is -2.56. The molecule has 0 aromatic carbocycles. The zero-order chi connectivity index (χ0) is 20.7. The molecule has 0 heterocycles. The van der Waals surface area contributed by atoms with Gasteiger partial charge in [0.1, 0.15) is 12.6 Å². The summed E-state index contributed by atoms with van der Waals surface area (Å²) in [5.74, 6) is -2.67. The van der Waals surface area contributed by atoms with E-state index in [0.29, 0.717) is 38.4 Å². The van der Waals surface area contributed by atoms with Gasteiger partial charge in [0.05, 0.1) is 18.1 Å². The van der Waals surface area contributed by atoms with Crippen LogP contribution in [0.2, 0.25) is 0 Å². The average molecular weight is 388 g/mol. The van der Waals surface area contributed by atoms with Gasteiger partial charge >= 0.3 is 11.9 Å². The number of nitrogens with two attached hydrogens (primary N) is 1. The van der Waals surface area contributed by atoms with Crippen LogP contribution in [0.4, 0.5) is 0 Å². The van der Waals surface area contributed by atoms with E-state index in [1.54, 1.807) is 0 Å². The first-order valence-electron chi connectivity index (χ1n) is 8.69. The predicted octanol–water partition coefficient (Wildman–Crippen LogP) is -1.44. The number of rotatable bonds is 17. The van der Waals surface area contributed by atoms with Gasteiger partial charge in [0, 0.05) is 12.8 Å². The zero-order valence-electron chi connectivity index (χ0n) is 15.1. The SMILES string of the molecule is NCCCC[C@H](NN[C@H](C=O)CCC(=O)O)C(=O)N[C@H](C=O)CCC(=O)O. The molecule has 0 aromatic rings. The number of carbonyl (C=O) groups excluding carboxylic acids is 3. The first-order valence-corrected chi connectivity index (χ1v) is 8.69. The molecule has 0 unspecified atom stereocenters. The van der Waals surface area contributed by atoms with Crippen LogP contribution in [0.25, 0.3) is 0 Å². The van der Waals surface area contributed by atoms with Crippen LogP contribution in [0.1, 0.15) is 44.9 Å². The van der Waals surface area contributed by atoms with Crippen LogP contribution in [0.5, 0.6) is 0 Å². The second-order valence-corrected chi connectivity index (χ2v) is 5.98. The molecule has 0 spiro atoms. The van der Waals surface area contributed by atoms with Crippen LogP contribution in [0.3, 0.4) is 0 Å². The van der Waals surface area contributed by atoms with E-state index in [-0.39, 0.29) is 25.7 Å². The molecule has 0 aliphatic carbocycles. The molecule has 11 nitrogen and oxygen atoms in total. The minimum absolute atomic E-state index is 0.0386. The molecule has 0 rings (SSSR count). The lowest BCUT2D eigenvalue weighted by molar-refractivity contribution is -0.138. The summed E-state index contributed by atoms with van der Waals surface area (Å²) in [4.78, 5) is 55.6. The molecular formula is C16H28N4O7. The smallest absolute Gasteiger partial charge is 0.303 e. The van der Waals surface area contributed by atoms with Crippen LogP contribution < -0.4 is 21.9 Å². The van der Waals surface area contributed by atoms with Crippen LogP contribution >= 0.6 is 0 Å². The number of hydrogen-bond acceptors (Lipinski definition) is 8. The highest BCUT2D eigenvalue weighted by Gasteiger charge is 2.22. The van der Waals surface area contributed by atoms with Gasteiger partial charge in [0.2, 0.25) is 5.91 Å². The van der Waals surface area contributed by atoms with E-state index in [2.05, 4.69) is 16.2 Å². The van der Waals surface area contributed by atoms with Crippen molar-refractivity contribution in [3.8, 4) is 0 Å². The molecule has 154 valence electrons. The number of carboxylic acids is 2. The van der Waals surface area contributed by atoms with Gasteiger partial charge in [-0.25, -0.2) is 10.9 Å². The van der Waals surface area contributed by atoms with Crippen molar-refractivity contribution in [1.29, 1.82) is 0 Å². The molecule has 0 saturated heterocycles. The topological polar surface area (TPSA) is 188 Å². The standard InChI is InChI=1S/C16H28N4O7/c17-8-2-1-3-13(20-19-12(10-22)5-7-15(25)26)16(27)18-11(9-21)4-6-14(23)24/h9-13,19-20H,1-8,17H2,(H,18,27)(H,23,24)(H,25,26)/t11-,12-,13-/m0/s1. The molecule has 11 heteroatoms. The minimum atomic E-state index is -1.08. The highest BCUT2D eigenvalue weighted by atomic mass is 16.4. The number of carbonyl (C=O) groups is 5. The lowest BCUT2D eigenvalue weighted by atomic mass is 10.1. The molecule has 0 fully saturated rings. The van der Waals surface area contributed by atoms with E-state index in [1.165, 1.54) is 0 Å². The first kappa shape index (κ1) is 24.6. The molecule has 1 amide bonds. The Morgan fingerprint density at radius 1 is 0.852 bits per heavy atom. The Morgan fingerprint density at radius 2 is 1.41 bits per heavy atom. The van der Waals surface area contributed by atoms with Gasteiger partial charge in [-0.2, -0.15) is 0 Å². The summed E-state index contributed by atoms with van der Waals surface area (Å²) >= 11 is 0. The predicted molar refractivity (Wildman–Crippen MR) is 94.6 cm³/mol. The Labute approximate surface area is 157 Å². The second-order valence-electron chi connectivity index (χ2n) is 5.98. The fraction of sp³-hybridized carbons (Fsp3) is 0.688. The number of nitrogens with one attached hydrogen (secondary N) is 3. The van der Waals surface area contributed by atoms with Crippen molar-refractivity contribution >= 4 is 30.4 Å². The van der Waals surface area contributed by atoms with Crippen molar-refractivity contribution in [3.05, 3.63) is 0 Å². The van der Waals surface area contributed by atoms with E-state index < -0.39 is 36.0 Å². The summed E-state index contributed by atoms with van der Waals surface area (Å²) < 4.78 is 0. The van der Waals surface area contributed by atoms with Gasteiger partial charge < -0.3 is 30.9 Å². The van der Waals surface area contributed by atoms with Gasteiger partial charge in [-0.1, -0.05) is 6.42 Å². The van der Waals surface area contributed by atoms with Crippen molar-refractivity contribution in [3.63, 3.8) is 0 Å². The Hall–Kier alpha value is -2.37. The molecule has 3 atom stereocenters. The third kappa shape index (κ3) is 12.6. The maximum atomic E-state index is 12.4. The number of aldehydes is 2. The lowest BCUT2D eigenvalue weighted by Gasteiger charge is -2.23. The van der Waals surface area contributed by atoms with Crippen molar-refractivity contribution in [2.75, 3.05) is 6.54 Å². The Bertz CT molecular complexity index is 501. The third-order valence-electron chi connectivity index (χ3n) is 3.70. The Morgan fingerprint density at radius 3 is 1.89 bits per heavy atom. The first-order chi connectivity index (χ1) is 12.8. The van der Waals surface area contributed by atoms with E-state index >= 15 is 0 Å². The quantitative estimate of drug-likeness (QED) is 0.0978. The number of carboxylic acid groups (broad SMARTS) is 2. The molecule has 0 aromatic heterocycles. The molecule has 0 aliphatic heterocycles. The number of hydrazine groups is 1. The summed E-state index contributed by atoms with van der Waals surface area (Å²) in [5, 5.41) is 19.8. The Balaban J connectivity index is 4.76.